The Balaban J connectivity index is 1.08. The molecule has 2 aromatic heterocycles. The molecular weight excluding hydrogens is 707 g/mol. The standard InChI is InChI=1S/C54H37N3O/c1-54(2)45-25-13-12-22-42(45)49-44(24-14-26-46(49)54)53-56-51(36-20-10-5-11-21-36)55-52(57-53)37-28-29-43-48(33-37)58-47-27-15-23-41(50(43)47)40-31-38(34-16-6-3-7-17-34)30-39(32-40)35-18-8-4-9-19-35/h3-33H,1-2H3. The maximum absolute atomic E-state index is 6.69. The molecule has 0 bridgehead atoms. The molecule has 1 aliphatic rings. The van der Waals surface area contributed by atoms with Gasteiger partial charge in [0.2, 0.25) is 0 Å². The highest BCUT2D eigenvalue weighted by Gasteiger charge is 2.37. The molecule has 0 saturated carbocycles. The van der Waals surface area contributed by atoms with Crippen molar-refractivity contribution in [2.24, 2.45) is 0 Å². The molecule has 0 atom stereocenters. The summed E-state index contributed by atoms with van der Waals surface area (Å²) in [5, 5.41) is 2.12. The molecule has 0 unspecified atom stereocenters. The topological polar surface area (TPSA) is 51.8 Å². The van der Waals surface area contributed by atoms with Gasteiger partial charge in [-0.25, -0.2) is 15.0 Å². The summed E-state index contributed by atoms with van der Waals surface area (Å²) in [6.45, 7) is 4.59. The molecule has 2 heterocycles. The lowest BCUT2D eigenvalue weighted by molar-refractivity contribution is 0.660. The van der Waals surface area contributed by atoms with Crippen LogP contribution in [-0.4, -0.2) is 15.0 Å². The number of hydrogen-bond donors (Lipinski definition) is 0. The van der Waals surface area contributed by atoms with Crippen LogP contribution in [0.2, 0.25) is 0 Å². The number of nitrogens with zero attached hydrogens (tertiary/aromatic N) is 3. The zero-order valence-corrected chi connectivity index (χ0v) is 32.1. The van der Waals surface area contributed by atoms with Gasteiger partial charge in [0.05, 0.1) is 0 Å². The maximum atomic E-state index is 6.69. The van der Waals surface area contributed by atoms with Crippen molar-refractivity contribution in [2.45, 2.75) is 19.3 Å². The van der Waals surface area contributed by atoms with Gasteiger partial charge in [-0.3, -0.25) is 0 Å². The van der Waals surface area contributed by atoms with Crippen molar-refractivity contribution in [2.75, 3.05) is 0 Å². The molecule has 4 heteroatoms. The van der Waals surface area contributed by atoms with Crippen LogP contribution in [0.5, 0.6) is 0 Å². The van der Waals surface area contributed by atoms with Crippen LogP contribution in [0, 0.1) is 0 Å². The highest BCUT2D eigenvalue weighted by atomic mass is 16.3. The number of benzene rings is 8. The molecule has 0 radical (unpaired) electrons. The van der Waals surface area contributed by atoms with Crippen molar-refractivity contribution in [3.8, 4) is 78.7 Å². The number of aromatic nitrogens is 3. The lowest BCUT2D eigenvalue weighted by atomic mass is 9.82. The summed E-state index contributed by atoms with van der Waals surface area (Å²) in [5.41, 5.74) is 16.2. The van der Waals surface area contributed by atoms with E-state index in [1.54, 1.807) is 0 Å². The Labute approximate surface area is 337 Å². The lowest BCUT2D eigenvalue weighted by Crippen LogP contribution is -2.14. The first kappa shape index (κ1) is 33.9. The van der Waals surface area contributed by atoms with Crippen LogP contribution >= 0.6 is 0 Å². The summed E-state index contributed by atoms with van der Waals surface area (Å²) in [6, 6.07) is 66.1. The third-order valence-corrected chi connectivity index (χ3v) is 11.7. The Hall–Kier alpha value is -7.43. The summed E-state index contributed by atoms with van der Waals surface area (Å²) in [6.07, 6.45) is 0. The van der Waals surface area contributed by atoms with Gasteiger partial charge >= 0.3 is 0 Å². The zero-order valence-electron chi connectivity index (χ0n) is 32.1. The van der Waals surface area contributed by atoms with Gasteiger partial charge in [-0.2, -0.15) is 0 Å². The third kappa shape index (κ3) is 5.56. The molecule has 58 heavy (non-hydrogen) atoms. The Morgan fingerprint density at radius 1 is 0.362 bits per heavy atom. The van der Waals surface area contributed by atoms with Crippen LogP contribution in [0.4, 0.5) is 0 Å². The second kappa shape index (κ2) is 13.4. The minimum Gasteiger partial charge on any atom is -0.456 e. The molecule has 10 aromatic rings. The minimum absolute atomic E-state index is 0.142. The van der Waals surface area contributed by atoms with E-state index in [0.29, 0.717) is 17.5 Å². The van der Waals surface area contributed by atoms with Gasteiger partial charge in [-0.05, 0) is 92.0 Å². The van der Waals surface area contributed by atoms with E-state index in [1.165, 1.54) is 44.5 Å². The van der Waals surface area contributed by atoms with Crippen LogP contribution in [0.3, 0.4) is 0 Å². The zero-order chi connectivity index (χ0) is 38.8. The van der Waals surface area contributed by atoms with Crippen molar-refractivity contribution in [1.82, 2.24) is 15.0 Å². The first-order valence-electron chi connectivity index (χ1n) is 19.8. The first-order chi connectivity index (χ1) is 28.5. The predicted molar refractivity (Wildman–Crippen MR) is 237 cm³/mol. The summed E-state index contributed by atoms with van der Waals surface area (Å²) < 4.78 is 6.69. The quantitative estimate of drug-likeness (QED) is 0.170. The van der Waals surface area contributed by atoms with E-state index in [1.807, 2.05) is 18.2 Å². The molecule has 4 nitrogen and oxygen atoms in total. The SMILES string of the molecule is CC1(C)c2ccccc2-c2c(-c3nc(-c4ccccc4)nc(-c4ccc5c(c4)oc4cccc(-c6cc(-c7ccccc7)cc(-c7ccccc7)c6)c45)n3)cccc21. The molecule has 8 aromatic carbocycles. The van der Waals surface area contributed by atoms with E-state index >= 15 is 0 Å². The fraction of sp³-hybridized carbons (Fsp3) is 0.0556. The maximum Gasteiger partial charge on any atom is 0.164 e. The van der Waals surface area contributed by atoms with Crippen molar-refractivity contribution in [3.63, 3.8) is 0 Å². The third-order valence-electron chi connectivity index (χ3n) is 11.7. The smallest absolute Gasteiger partial charge is 0.164 e. The van der Waals surface area contributed by atoms with E-state index < -0.39 is 0 Å². The highest BCUT2D eigenvalue weighted by molar-refractivity contribution is 6.13. The van der Waals surface area contributed by atoms with E-state index in [0.717, 1.165) is 49.8 Å². The fourth-order valence-electron chi connectivity index (χ4n) is 8.87. The monoisotopic (exact) mass is 743 g/mol. The largest absolute Gasteiger partial charge is 0.456 e. The van der Waals surface area contributed by atoms with E-state index in [4.69, 9.17) is 19.4 Å². The molecule has 0 aliphatic heterocycles. The van der Waals surface area contributed by atoms with Crippen LogP contribution in [0.1, 0.15) is 25.0 Å². The molecule has 0 amide bonds. The van der Waals surface area contributed by atoms with Gasteiger partial charge in [0.25, 0.3) is 0 Å². The van der Waals surface area contributed by atoms with Crippen molar-refractivity contribution in [3.05, 3.63) is 199 Å². The number of hydrogen-bond acceptors (Lipinski definition) is 4. The Morgan fingerprint density at radius 3 is 1.60 bits per heavy atom. The van der Waals surface area contributed by atoms with Gasteiger partial charge in [0.15, 0.2) is 17.5 Å². The van der Waals surface area contributed by atoms with E-state index in [2.05, 4.69) is 184 Å². The Kier molecular flexibility index (Phi) is 7.80. The molecule has 0 fully saturated rings. The fourth-order valence-corrected chi connectivity index (χ4v) is 8.87. The van der Waals surface area contributed by atoms with Crippen molar-refractivity contribution in [1.29, 1.82) is 0 Å². The molecule has 11 rings (SSSR count). The summed E-state index contributed by atoms with van der Waals surface area (Å²) in [4.78, 5) is 15.5. The van der Waals surface area contributed by atoms with E-state index in [-0.39, 0.29) is 5.41 Å². The van der Waals surface area contributed by atoms with Gasteiger partial charge in [-0.15, -0.1) is 0 Å². The molecule has 0 saturated heterocycles. The van der Waals surface area contributed by atoms with Gasteiger partial charge in [0.1, 0.15) is 11.2 Å². The van der Waals surface area contributed by atoms with Crippen LogP contribution in [0.15, 0.2) is 192 Å². The Morgan fingerprint density at radius 2 is 0.897 bits per heavy atom. The van der Waals surface area contributed by atoms with Gasteiger partial charge < -0.3 is 4.42 Å². The van der Waals surface area contributed by atoms with Crippen molar-refractivity contribution >= 4 is 21.9 Å². The highest BCUT2D eigenvalue weighted by Crippen LogP contribution is 2.52. The first-order valence-corrected chi connectivity index (χ1v) is 19.8. The molecule has 0 N–H and O–H groups in total. The summed E-state index contributed by atoms with van der Waals surface area (Å²) in [7, 11) is 0. The van der Waals surface area contributed by atoms with E-state index in [9.17, 15) is 0 Å². The summed E-state index contributed by atoms with van der Waals surface area (Å²) >= 11 is 0. The molecule has 1 aliphatic carbocycles. The number of fused-ring (bicyclic) bond motifs is 6. The normalized spacial score (nSPS) is 12.8. The van der Waals surface area contributed by atoms with Gasteiger partial charge in [0, 0.05) is 32.9 Å². The number of rotatable bonds is 6. The van der Waals surface area contributed by atoms with Crippen LogP contribution in [0.25, 0.3) is 101 Å². The predicted octanol–water partition coefficient (Wildman–Crippen LogP) is 14.1. The summed E-state index contributed by atoms with van der Waals surface area (Å²) in [5.74, 6) is 1.87. The molecule has 0 spiro atoms. The van der Waals surface area contributed by atoms with Gasteiger partial charge in [-0.1, -0.05) is 166 Å². The number of furan rings is 1. The van der Waals surface area contributed by atoms with Crippen LogP contribution in [-0.2, 0) is 5.41 Å². The minimum atomic E-state index is -0.142. The lowest BCUT2D eigenvalue weighted by Gasteiger charge is -2.21. The average molecular weight is 744 g/mol. The van der Waals surface area contributed by atoms with Crippen LogP contribution < -0.4 is 0 Å². The van der Waals surface area contributed by atoms with Crippen molar-refractivity contribution < 1.29 is 4.42 Å². The average Bonchev–Trinajstić information content (AvgIpc) is 3.78. The molecule has 274 valence electrons. The molecular formula is C54H37N3O. The second-order valence-corrected chi connectivity index (χ2v) is 15.6. The Bertz CT molecular complexity index is 3130. The second-order valence-electron chi connectivity index (χ2n) is 15.6.